The van der Waals surface area contributed by atoms with E-state index in [-0.39, 0.29) is 11.7 Å². The number of hydrogen-bond donors (Lipinski definition) is 0. The lowest BCUT2D eigenvalue weighted by Crippen LogP contribution is -2.48. The number of methoxy groups -OCH3 is 1. The van der Waals surface area contributed by atoms with Gasteiger partial charge in [0.25, 0.3) is 5.91 Å². The average molecular weight is 397 g/mol. The number of ether oxygens (including phenoxy) is 1. The topological polar surface area (TPSA) is 32.8 Å². The smallest absolute Gasteiger partial charge is 0.255 e. The Labute approximate surface area is 162 Å². The van der Waals surface area contributed by atoms with E-state index < -0.39 is 0 Å². The van der Waals surface area contributed by atoms with Crippen molar-refractivity contribution in [2.75, 3.05) is 33.3 Å². The highest BCUT2D eigenvalue weighted by Crippen LogP contribution is 2.24. The number of rotatable bonds is 4. The summed E-state index contributed by atoms with van der Waals surface area (Å²) >= 11 is 12.1. The van der Waals surface area contributed by atoms with Crippen molar-refractivity contribution in [2.45, 2.75) is 6.54 Å². The molecule has 0 bridgehead atoms. The molecule has 138 valence electrons. The minimum Gasteiger partial charge on any atom is -0.496 e. The first-order valence-corrected chi connectivity index (χ1v) is 9.02. The molecule has 1 heterocycles. The molecular formula is C19H19Cl2FN2O2. The maximum atomic E-state index is 13.5. The Morgan fingerprint density at radius 1 is 1.12 bits per heavy atom. The molecule has 2 aromatic rings. The first kappa shape index (κ1) is 19.0. The van der Waals surface area contributed by atoms with Crippen LogP contribution in [0.2, 0.25) is 10.0 Å². The molecule has 0 saturated carbocycles. The second-order valence-corrected chi connectivity index (χ2v) is 6.99. The zero-order chi connectivity index (χ0) is 18.7. The summed E-state index contributed by atoms with van der Waals surface area (Å²) in [6.07, 6.45) is 0. The van der Waals surface area contributed by atoms with Gasteiger partial charge in [-0.2, -0.15) is 0 Å². The highest BCUT2D eigenvalue weighted by Gasteiger charge is 2.24. The van der Waals surface area contributed by atoms with E-state index in [4.69, 9.17) is 27.9 Å². The van der Waals surface area contributed by atoms with Crippen LogP contribution < -0.4 is 4.74 Å². The van der Waals surface area contributed by atoms with Crippen LogP contribution in [0, 0.1) is 5.82 Å². The van der Waals surface area contributed by atoms with Crippen molar-refractivity contribution in [1.82, 2.24) is 9.80 Å². The Morgan fingerprint density at radius 3 is 2.54 bits per heavy atom. The second kappa shape index (κ2) is 8.25. The molecule has 0 radical (unpaired) electrons. The molecule has 0 N–H and O–H groups in total. The van der Waals surface area contributed by atoms with Crippen molar-refractivity contribution in [1.29, 1.82) is 0 Å². The first-order chi connectivity index (χ1) is 12.5. The van der Waals surface area contributed by atoms with Gasteiger partial charge in [0, 0.05) is 43.3 Å². The van der Waals surface area contributed by atoms with Crippen LogP contribution in [0.25, 0.3) is 0 Å². The number of benzene rings is 2. The summed E-state index contributed by atoms with van der Waals surface area (Å²) in [6.45, 7) is 3.08. The van der Waals surface area contributed by atoms with Crippen molar-refractivity contribution < 1.29 is 13.9 Å². The fourth-order valence-electron chi connectivity index (χ4n) is 3.05. The molecular weight excluding hydrogens is 378 g/mol. The lowest BCUT2D eigenvalue weighted by atomic mass is 10.1. The van der Waals surface area contributed by atoms with E-state index in [2.05, 4.69) is 4.90 Å². The van der Waals surface area contributed by atoms with Crippen molar-refractivity contribution in [3.8, 4) is 5.75 Å². The van der Waals surface area contributed by atoms with Gasteiger partial charge in [-0.05, 0) is 36.4 Å². The fraction of sp³-hybridized carbons (Fsp3) is 0.316. The average Bonchev–Trinajstić information content (AvgIpc) is 2.64. The van der Waals surface area contributed by atoms with Gasteiger partial charge in [-0.15, -0.1) is 0 Å². The molecule has 0 aromatic heterocycles. The van der Waals surface area contributed by atoms with E-state index in [0.717, 1.165) is 5.56 Å². The van der Waals surface area contributed by atoms with Crippen LogP contribution in [0.4, 0.5) is 4.39 Å². The SMILES string of the molecule is COc1ccc(F)cc1CN1CCN(C(=O)c2cc(Cl)ccc2Cl)CC1. The zero-order valence-corrected chi connectivity index (χ0v) is 15.9. The Kier molecular flexibility index (Phi) is 6.01. The number of hydrogen-bond acceptors (Lipinski definition) is 3. The maximum absolute atomic E-state index is 13.5. The zero-order valence-electron chi connectivity index (χ0n) is 14.3. The fourth-order valence-corrected chi connectivity index (χ4v) is 3.42. The van der Waals surface area contributed by atoms with Crippen LogP contribution in [-0.2, 0) is 6.54 Å². The van der Waals surface area contributed by atoms with Gasteiger partial charge in [-0.25, -0.2) is 4.39 Å². The Bertz CT molecular complexity index is 808. The maximum Gasteiger partial charge on any atom is 0.255 e. The highest BCUT2D eigenvalue weighted by molar-refractivity contribution is 6.35. The van der Waals surface area contributed by atoms with Gasteiger partial charge < -0.3 is 9.64 Å². The number of amides is 1. The Morgan fingerprint density at radius 2 is 1.85 bits per heavy atom. The number of halogens is 3. The largest absolute Gasteiger partial charge is 0.496 e. The van der Waals surface area contributed by atoms with Crippen LogP contribution in [0.15, 0.2) is 36.4 Å². The molecule has 0 aliphatic carbocycles. The quantitative estimate of drug-likeness (QED) is 0.779. The van der Waals surface area contributed by atoms with Gasteiger partial charge in [0.05, 0.1) is 17.7 Å². The van der Waals surface area contributed by atoms with E-state index in [1.807, 2.05) is 0 Å². The standard InChI is InChI=1S/C19H19Cl2FN2O2/c1-26-18-5-3-15(22)10-13(18)12-23-6-8-24(9-7-23)19(25)16-11-14(20)2-4-17(16)21/h2-5,10-11H,6-9,12H2,1H3. The minimum absolute atomic E-state index is 0.125. The van der Waals surface area contributed by atoms with E-state index in [1.165, 1.54) is 12.1 Å². The molecule has 26 heavy (non-hydrogen) atoms. The highest BCUT2D eigenvalue weighted by atomic mass is 35.5. The van der Waals surface area contributed by atoms with Crippen LogP contribution in [-0.4, -0.2) is 49.0 Å². The summed E-state index contributed by atoms with van der Waals surface area (Å²) in [6, 6.07) is 9.38. The summed E-state index contributed by atoms with van der Waals surface area (Å²) in [4.78, 5) is 16.6. The molecule has 7 heteroatoms. The van der Waals surface area contributed by atoms with Gasteiger partial charge in [0.1, 0.15) is 11.6 Å². The number of nitrogens with zero attached hydrogens (tertiary/aromatic N) is 2. The summed E-state index contributed by atoms with van der Waals surface area (Å²) in [5.74, 6) is 0.251. The van der Waals surface area contributed by atoms with Crippen LogP contribution in [0.3, 0.4) is 0 Å². The minimum atomic E-state index is -0.287. The normalized spacial score (nSPS) is 15.2. The van der Waals surface area contributed by atoms with E-state index >= 15 is 0 Å². The predicted octanol–water partition coefficient (Wildman–Crippen LogP) is 4.10. The van der Waals surface area contributed by atoms with Crippen molar-refractivity contribution in [3.63, 3.8) is 0 Å². The second-order valence-electron chi connectivity index (χ2n) is 6.15. The van der Waals surface area contributed by atoms with Crippen LogP contribution >= 0.6 is 23.2 Å². The molecule has 3 rings (SSSR count). The summed E-state index contributed by atoms with van der Waals surface area (Å²) in [5, 5.41) is 0.876. The van der Waals surface area contributed by atoms with Gasteiger partial charge >= 0.3 is 0 Å². The molecule has 1 fully saturated rings. The molecule has 1 saturated heterocycles. The van der Waals surface area contributed by atoms with E-state index in [9.17, 15) is 9.18 Å². The Hall–Kier alpha value is -1.82. The molecule has 1 amide bonds. The molecule has 0 unspecified atom stereocenters. The van der Waals surface area contributed by atoms with Gasteiger partial charge in [-0.1, -0.05) is 23.2 Å². The molecule has 2 aromatic carbocycles. The Balaban J connectivity index is 1.63. The van der Waals surface area contributed by atoms with Gasteiger partial charge in [-0.3, -0.25) is 9.69 Å². The van der Waals surface area contributed by atoms with Crippen molar-refractivity contribution in [3.05, 3.63) is 63.4 Å². The van der Waals surface area contributed by atoms with Crippen molar-refractivity contribution >= 4 is 29.1 Å². The number of piperazine rings is 1. The van der Waals surface area contributed by atoms with Gasteiger partial charge in [0.2, 0.25) is 0 Å². The lowest BCUT2D eigenvalue weighted by Gasteiger charge is -2.35. The summed E-state index contributed by atoms with van der Waals surface area (Å²) in [7, 11) is 1.57. The molecule has 1 aliphatic heterocycles. The van der Waals surface area contributed by atoms with Crippen molar-refractivity contribution in [2.24, 2.45) is 0 Å². The first-order valence-electron chi connectivity index (χ1n) is 8.27. The predicted molar refractivity (Wildman–Crippen MR) is 101 cm³/mol. The van der Waals surface area contributed by atoms with Gasteiger partial charge in [0.15, 0.2) is 0 Å². The third-order valence-electron chi connectivity index (χ3n) is 4.45. The van der Waals surface area contributed by atoms with Crippen LogP contribution in [0.1, 0.15) is 15.9 Å². The van der Waals surface area contributed by atoms with Crippen LogP contribution in [0.5, 0.6) is 5.75 Å². The van der Waals surface area contributed by atoms with E-state index in [1.54, 1.807) is 36.3 Å². The monoisotopic (exact) mass is 396 g/mol. The number of carbonyl (C=O) groups excluding carboxylic acids is 1. The third kappa shape index (κ3) is 4.29. The van der Waals surface area contributed by atoms with E-state index in [0.29, 0.717) is 54.1 Å². The molecule has 4 nitrogen and oxygen atoms in total. The third-order valence-corrected chi connectivity index (χ3v) is 5.02. The molecule has 1 aliphatic rings. The molecule has 0 atom stereocenters. The summed E-state index contributed by atoms with van der Waals surface area (Å²) < 4.78 is 18.8. The summed E-state index contributed by atoms with van der Waals surface area (Å²) in [5.41, 5.74) is 1.21. The number of carbonyl (C=O) groups is 1. The lowest BCUT2D eigenvalue weighted by molar-refractivity contribution is 0.0627. The molecule has 0 spiro atoms.